The first-order chi connectivity index (χ1) is 5.41. The first kappa shape index (κ1) is 9.76. The van der Waals surface area contributed by atoms with E-state index in [4.69, 9.17) is 5.11 Å². The van der Waals surface area contributed by atoms with Crippen LogP contribution in [0.15, 0.2) is 48.8 Å². The molecule has 11 heavy (non-hydrogen) atoms. The molecule has 0 aromatic heterocycles. The maximum absolute atomic E-state index is 8.24. The van der Waals surface area contributed by atoms with Gasteiger partial charge < -0.3 is 5.11 Å². The molecule has 0 spiro atoms. The molecule has 0 aliphatic heterocycles. The van der Waals surface area contributed by atoms with Gasteiger partial charge >= 0.3 is 0 Å². The topological polar surface area (TPSA) is 20.2 Å². The molecular formula is C10H14O. The standard InChI is InChI=1S/C10H14O/c1-2-3-4-5-6-7-8-9-10-11/h3-11H,2H2,1H3/b4-3+,6-5+,8-7+,10-9+. The van der Waals surface area contributed by atoms with E-state index in [2.05, 4.69) is 13.0 Å². The van der Waals surface area contributed by atoms with Crippen LogP contribution < -0.4 is 0 Å². The summed E-state index contributed by atoms with van der Waals surface area (Å²) in [5.41, 5.74) is 0. The zero-order valence-corrected chi connectivity index (χ0v) is 6.77. The van der Waals surface area contributed by atoms with Gasteiger partial charge in [-0.3, -0.25) is 0 Å². The smallest absolute Gasteiger partial charge is 0.0791 e. The largest absolute Gasteiger partial charge is 0.516 e. The molecule has 1 N–H and O–H groups in total. The van der Waals surface area contributed by atoms with E-state index in [1.165, 1.54) is 0 Å². The lowest BCUT2D eigenvalue weighted by atomic mass is 10.3. The molecule has 0 aliphatic carbocycles. The molecule has 0 heterocycles. The summed E-state index contributed by atoms with van der Waals surface area (Å²) >= 11 is 0. The van der Waals surface area contributed by atoms with Gasteiger partial charge in [0.15, 0.2) is 0 Å². The molecule has 0 atom stereocenters. The second kappa shape index (κ2) is 8.76. The maximum Gasteiger partial charge on any atom is 0.0791 e. The van der Waals surface area contributed by atoms with Gasteiger partial charge in [-0.05, 0) is 12.5 Å². The number of allylic oxidation sites excluding steroid dienone is 7. The van der Waals surface area contributed by atoms with Gasteiger partial charge in [0, 0.05) is 0 Å². The Morgan fingerprint density at radius 3 is 2.00 bits per heavy atom. The Balaban J connectivity index is 3.51. The number of hydrogen-bond donors (Lipinski definition) is 1. The molecule has 0 rings (SSSR count). The minimum absolute atomic E-state index is 1.01. The highest BCUT2D eigenvalue weighted by molar-refractivity contribution is 5.14. The van der Waals surface area contributed by atoms with Gasteiger partial charge in [0.05, 0.1) is 6.26 Å². The lowest BCUT2D eigenvalue weighted by Crippen LogP contribution is -1.53. The first-order valence-electron chi connectivity index (χ1n) is 3.71. The van der Waals surface area contributed by atoms with Crippen LogP contribution in [0, 0.1) is 0 Å². The zero-order chi connectivity index (χ0) is 8.36. The predicted molar refractivity (Wildman–Crippen MR) is 49.5 cm³/mol. The monoisotopic (exact) mass is 150 g/mol. The molecule has 0 radical (unpaired) electrons. The Kier molecular flexibility index (Phi) is 7.77. The average molecular weight is 150 g/mol. The third kappa shape index (κ3) is 8.76. The van der Waals surface area contributed by atoms with E-state index in [0.29, 0.717) is 0 Å². The predicted octanol–water partition coefficient (Wildman–Crippen LogP) is 3.14. The maximum atomic E-state index is 8.24. The van der Waals surface area contributed by atoms with Crippen LogP contribution in [0.5, 0.6) is 0 Å². The van der Waals surface area contributed by atoms with Crippen LogP contribution in [-0.2, 0) is 0 Å². The molecule has 0 aromatic carbocycles. The van der Waals surface area contributed by atoms with E-state index in [9.17, 15) is 0 Å². The van der Waals surface area contributed by atoms with Crippen molar-refractivity contribution in [3.05, 3.63) is 48.8 Å². The minimum Gasteiger partial charge on any atom is -0.516 e. The molecule has 0 aromatic rings. The van der Waals surface area contributed by atoms with Crippen molar-refractivity contribution in [1.82, 2.24) is 0 Å². The number of hydrogen-bond acceptors (Lipinski definition) is 1. The Labute approximate surface area is 68.1 Å². The number of aliphatic hydroxyl groups is 1. The van der Waals surface area contributed by atoms with Crippen molar-refractivity contribution in [1.29, 1.82) is 0 Å². The molecule has 0 amide bonds. The molecule has 60 valence electrons. The molecule has 1 nitrogen and oxygen atoms in total. The molecule has 1 heteroatoms. The summed E-state index contributed by atoms with van der Waals surface area (Å²) in [7, 11) is 0. The summed E-state index contributed by atoms with van der Waals surface area (Å²) in [5, 5.41) is 8.24. The van der Waals surface area contributed by atoms with E-state index in [1.807, 2.05) is 24.3 Å². The lowest BCUT2D eigenvalue weighted by Gasteiger charge is -1.73. The number of aliphatic hydroxyl groups excluding tert-OH is 1. The van der Waals surface area contributed by atoms with Gasteiger partial charge in [-0.15, -0.1) is 0 Å². The van der Waals surface area contributed by atoms with E-state index in [1.54, 1.807) is 12.2 Å². The Hall–Kier alpha value is -1.24. The Morgan fingerprint density at radius 2 is 1.45 bits per heavy atom. The number of rotatable bonds is 4. The van der Waals surface area contributed by atoms with E-state index < -0.39 is 0 Å². The van der Waals surface area contributed by atoms with Crippen LogP contribution in [0.2, 0.25) is 0 Å². The van der Waals surface area contributed by atoms with Gasteiger partial charge in [0.1, 0.15) is 0 Å². The first-order valence-corrected chi connectivity index (χ1v) is 3.71. The van der Waals surface area contributed by atoms with Crippen molar-refractivity contribution in [2.75, 3.05) is 0 Å². The lowest BCUT2D eigenvalue weighted by molar-refractivity contribution is 0.474. The van der Waals surface area contributed by atoms with Crippen molar-refractivity contribution in [2.24, 2.45) is 0 Å². The normalized spacial score (nSPS) is 13.2. The molecule has 0 unspecified atom stereocenters. The van der Waals surface area contributed by atoms with Gasteiger partial charge in [-0.1, -0.05) is 43.4 Å². The second-order valence-corrected chi connectivity index (χ2v) is 1.95. The van der Waals surface area contributed by atoms with Crippen LogP contribution in [-0.4, -0.2) is 5.11 Å². The van der Waals surface area contributed by atoms with Crippen LogP contribution in [0.25, 0.3) is 0 Å². The third-order valence-corrected chi connectivity index (χ3v) is 1.01. The van der Waals surface area contributed by atoms with Crippen molar-refractivity contribution in [2.45, 2.75) is 13.3 Å². The minimum atomic E-state index is 1.01. The van der Waals surface area contributed by atoms with E-state index >= 15 is 0 Å². The van der Waals surface area contributed by atoms with Crippen molar-refractivity contribution < 1.29 is 5.11 Å². The van der Waals surface area contributed by atoms with Crippen molar-refractivity contribution in [3.8, 4) is 0 Å². The Bertz CT molecular complexity index is 173. The molecule has 0 fully saturated rings. The van der Waals surface area contributed by atoms with Crippen LogP contribution in [0.3, 0.4) is 0 Å². The fraction of sp³-hybridized carbons (Fsp3) is 0.200. The van der Waals surface area contributed by atoms with E-state index in [0.717, 1.165) is 12.7 Å². The molecule has 0 bridgehead atoms. The van der Waals surface area contributed by atoms with Gasteiger partial charge in [-0.25, -0.2) is 0 Å². The highest BCUT2D eigenvalue weighted by Crippen LogP contribution is 1.83. The molecule has 0 saturated carbocycles. The van der Waals surface area contributed by atoms with Gasteiger partial charge in [0.2, 0.25) is 0 Å². The van der Waals surface area contributed by atoms with Crippen molar-refractivity contribution in [3.63, 3.8) is 0 Å². The average Bonchev–Trinajstić information content (AvgIpc) is 2.03. The van der Waals surface area contributed by atoms with Crippen LogP contribution in [0.1, 0.15) is 13.3 Å². The highest BCUT2D eigenvalue weighted by Gasteiger charge is 1.62. The van der Waals surface area contributed by atoms with E-state index in [-0.39, 0.29) is 0 Å². The fourth-order valence-corrected chi connectivity index (χ4v) is 0.521. The summed E-state index contributed by atoms with van der Waals surface area (Å²) < 4.78 is 0. The summed E-state index contributed by atoms with van der Waals surface area (Å²) in [6.07, 6.45) is 15.2. The quantitative estimate of drug-likeness (QED) is 0.482. The van der Waals surface area contributed by atoms with Crippen LogP contribution >= 0.6 is 0 Å². The zero-order valence-electron chi connectivity index (χ0n) is 6.77. The Morgan fingerprint density at radius 1 is 0.909 bits per heavy atom. The summed E-state index contributed by atoms with van der Waals surface area (Å²) in [5.74, 6) is 0. The van der Waals surface area contributed by atoms with Gasteiger partial charge in [0.25, 0.3) is 0 Å². The molecule has 0 aliphatic rings. The van der Waals surface area contributed by atoms with Gasteiger partial charge in [-0.2, -0.15) is 0 Å². The van der Waals surface area contributed by atoms with Crippen molar-refractivity contribution >= 4 is 0 Å². The van der Waals surface area contributed by atoms with Crippen LogP contribution in [0.4, 0.5) is 0 Å². The summed E-state index contributed by atoms with van der Waals surface area (Å²) in [4.78, 5) is 0. The SMILES string of the molecule is CC/C=C/C=C/C=C/C=C/O. The summed E-state index contributed by atoms with van der Waals surface area (Å²) in [6, 6.07) is 0. The highest BCUT2D eigenvalue weighted by atomic mass is 16.2. The second-order valence-electron chi connectivity index (χ2n) is 1.95. The fourth-order valence-electron chi connectivity index (χ4n) is 0.521. The molecular weight excluding hydrogens is 136 g/mol. The third-order valence-electron chi connectivity index (χ3n) is 1.01. The summed E-state index contributed by atoms with van der Waals surface area (Å²) in [6.45, 7) is 2.09. The molecule has 0 saturated heterocycles.